The third kappa shape index (κ3) is 7.47. The molecule has 1 aromatic heterocycles. The highest BCUT2D eigenvalue weighted by molar-refractivity contribution is 5.92. The Balaban J connectivity index is 1.42. The molecule has 3 aromatic rings. The molecule has 0 saturated carbocycles. The number of amides is 2. The van der Waals surface area contributed by atoms with Gasteiger partial charge in [0.1, 0.15) is 11.9 Å². The van der Waals surface area contributed by atoms with E-state index in [0.717, 1.165) is 47.1 Å². The number of piperidine rings is 1. The number of ether oxygens (including phenoxy) is 1. The molecule has 192 valence electrons. The second-order valence-electron chi connectivity index (χ2n) is 10.0. The van der Waals surface area contributed by atoms with Crippen LogP contribution in [0, 0.1) is 0 Å². The molecule has 0 aliphatic carbocycles. The first-order chi connectivity index (χ1) is 17.8. The molecule has 2 heterocycles. The highest BCUT2D eigenvalue weighted by atomic mass is 16.6. The zero-order chi connectivity index (χ0) is 26.3. The summed E-state index contributed by atoms with van der Waals surface area (Å²) in [6.45, 7) is 1.95. The number of aryl methyl sites for hydroxylation is 1. The number of quaternary nitrogens is 1. The van der Waals surface area contributed by atoms with Crippen molar-refractivity contribution in [2.24, 2.45) is 0 Å². The van der Waals surface area contributed by atoms with Crippen molar-refractivity contribution in [1.82, 2.24) is 4.98 Å². The van der Waals surface area contributed by atoms with Crippen LogP contribution in [-0.4, -0.2) is 61.0 Å². The van der Waals surface area contributed by atoms with E-state index >= 15 is 0 Å². The van der Waals surface area contributed by atoms with Crippen molar-refractivity contribution in [2.45, 2.75) is 31.8 Å². The van der Waals surface area contributed by atoms with Crippen molar-refractivity contribution in [3.05, 3.63) is 78.0 Å². The van der Waals surface area contributed by atoms with E-state index in [0.29, 0.717) is 29.8 Å². The molecule has 0 unspecified atom stereocenters. The van der Waals surface area contributed by atoms with Gasteiger partial charge in [0.2, 0.25) is 5.91 Å². The molecule has 0 spiro atoms. The van der Waals surface area contributed by atoms with Crippen LogP contribution in [0.3, 0.4) is 0 Å². The molecular formula is C29H33N4O4+. The second-order valence-corrected chi connectivity index (χ2v) is 10.0. The lowest BCUT2D eigenvalue weighted by Gasteiger charge is -2.36. The largest absolute Gasteiger partial charge is 0.446 e. The summed E-state index contributed by atoms with van der Waals surface area (Å²) in [5.41, 5.74) is 3.86. The van der Waals surface area contributed by atoms with Crippen LogP contribution in [0.2, 0.25) is 0 Å². The molecular weight excluding hydrogens is 468 g/mol. The first-order valence-corrected chi connectivity index (χ1v) is 12.5. The monoisotopic (exact) mass is 501 g/mol. The zero-order valence-corrected chi connectivity index (χ0v) is 21.3. The number of aromatic nitrogens is 1. The summed E-state index contributed by atoms with van der Waals surface area (Å²) in [6, 6.07) is 18.8. The standard InChI is InChI=1S/C29H32N4O4/c1-33(2)16-14-24(15-17-33)37-29(36)31-26-18-21(8-11-25(26)23-6-4-3-5-7-23)10-13-28(35)32-27-12-9-22(20-34)19-30-27/h3-9,11-12,18-20,24H,10,13-17H2,1-2H3,(H-,30,31,32,34,35,36)/p+1. The number of nitrogens with zero attached hydrogens (tertiary/aromatic N) is 2. The van der Waals surface area contributed by atoms with Gasteiger partial charge in [-0.3, -0.25) is 14.9 Å². The van der Waals surface area contributed by atoms with Crippen LogP contribution in [0.15, 0.2) is 66.9 Å². The predicted molar refractivity (Wildman–Crippen MR) is 143 cm³/mol. The van der Waals surface area contributed by atoms with Crippen molar-refractivity contribution < 1.29 is 23.6 Å². The number of pyridine rings is 1. The van der Waals surface area contributed by atoms with Crippen LogP contribution in [0.25, 0.3) is 11.1 Å². The second kappa shape index (κ2) is 11.8. The Labute approximate surface area is 217 Å². The first-order valence-electron chi connectivity index (χ1n) is 12.5. The van der Waals surface area contributed by atoms with Crippen molar-refractivity contribution in [2.75, 3.05) is 37.8 Å². The zero-order valence-electron chi connectivity index (χ0n) is 21.3. The lowest BCUT2D eigenvalue weighted by Crippen LogP contribution is -2.48. The summed E-state index contributed by atoms with van der Waals surface area (Å²) in [5.74, 6) is 0.205. The molecule has 1 aliphatic rings. The van der Waals surface area contributed by atoms with Gasteiger partial charge < -0.3 is 14.5 Å². The Kier molecular flexibility index (Phi) is 8.30. The third-order valence-corrected chi connectivity index (χ3v) is 6.62. The number of likely N-dealkylation sites (tertiary alicyclic amines) is 1. The topological polar surface area (TPSA) is 97.4 Å². The number of hydrogen-bond acceptors (Lipinski definition) is 5. The molecule has 0 radical (unpaired) electrons. The van der Waals surface area contributed by atoms with Crippen LogP contribution in [0.4, 0.5) is 16.3 Å². The van der Waals surface area contributed by atoms with Gasteiger partial charge in [-0.25, -0.2) is 9.78 Å². The van der Waals surface area contributed by atoms with Crippen LogP contribution in [0.1, 0.15) is 35.2 Å². The Hall–Kier alpha value is -4.04. The minimum absolute atomic E-state index is 0.0904. The van der Waals surface area contributed by atoms with E-state index in [1.54, 1.807) is 12.1 Å². The Morgan fingerprint density at radius 1 is 1.03 bits per heavy atom. The molecule has 2 amide bonds. The highest BCUT2D eigenvalue weighted by Crippen LogP contribution is 2.30. The fraction of sp³-hybridized carbons (Fsp3) is 0.310. The molecule has 0 atom stereocenters. The van der Waals surface area contributed by atoms with Gasteiger partial charge in [-0.2, -0.15) is 0 Å². The average Bonchev–Trinajstić information content (AvgIpc) is 2.90. The van der Waals surface area contributed by atoms with E-state index in [1.807, 2.05) is 48.5 Å². The summed E-state index contributed by atoms with van der Waals surface area (Å²) < 4.78 is 6.69. The predicted octanol–water partition coefficient (Wildman–Crippen LogP) is 4.92. The quantitative estimate of drug-likeness (QED) is 0.337. The number of rotatable bonds is 8. The lowest BCUT2D eigenvalue weighted by atomic mass is 9.99. The van der Waals surface area contributed by atoms with E-state index in [2.05, 4.69) is 29.7 Å². The summed E-state index contributed by atoms with van der Waals surface area (Å²) >= 11 is 0. The minimum Gasteiger partial charge on any atom is -0.446 e. The first kappa shape index (κ1) is 26.0. The molecule has 2 aromatic carbocycles. The number of hydrogen-bond donors (Lipinski definition) is 2. The number of aldehydes is 1. The number of carbonyl (C=O) groups excluding carboxylic acids is 3. The van der Waals surface area contributed by atoms with Gasteiger partial charge in [0.05, 0.1) is 32.9 Å². The van der Waals surface area contributed by atoms with Gasteiger partial charge in [-0.05, 0) is 35.7 Å². The number of nitrogens with one attached hydrogen (secondary N) is 2. The van der Waals surface area contributed by atoms with E-state index in [9.17, 15) is 14.4 Å². The summed E-state index contributed by atoms with van der Waals surface area (Å²) in [5, 5.41) is 5.69. The maximum Gasteiger partial charge on any atom is 0.411 e. The Morgan fingerprint density at radius 2 is 1.78 bits per heavy atom. The van der Waals surface area contributed by atoms with Crippen LogP contribution >= 0.6 is 0 Å². The molecule has 8 heteroatoms. The van der Waals surface area contributed by atoms with Crippen molar-refractivity contribution in [3.8, 4) is 11.1 Å². The molecule has 8 nitrogen and oxygen atoms in total. The van der Waals surface area contributed by atoms with E-state index in [4.69, 9.17) is 4.74 Å². The van der Waals surface area contributed by atoms with Gasteiger partial charge in [-0.15, -0.1) is 0 Å². The Morgan fingerprint density at radius 3 is 2.46 bits per heavy atom. The maximum absolute atomic E-state index is 12.8. The van der Waals surface area contributed by atoms with Crippen molar-refractivity contribution >= 4 is 29.8 Å². The van der Waals surface area contributed by atoms with Gasteiger partial charge in [0.15, 0.2) is 6.29 Å². The van der Waals surface area contributed by atoms with Gasteiger partial charge >= 0.3 is 6.09 Å². The average molecular weight is 502 g/mol. The number of anilines is 2. The summed E-state index contributed by atoms with van der Waals surface area (Å²) in [6.07, 6.45) is 3.96. The SMILES string of the molecule is C[N+]1(C)CCC(OC(=O)Nc2cc(CCC(=O)Nc3ccc(C=O)cn3)ccc2-c2ccccc2)CC1. The summed E-state index contributed by atoms with van der Waals surface area (Å²) in [7, 11) is 4.38. The summed E-state index contributed by atoms with van der Waals surface area (Å²) in [4.78, 5) is 40.1. The maximum atomic E-state index is 12.8. The molecule has 1 saturated heterocycles. The molecule has 2 N–H and O–H groups in total. The lowest BCUT2D eigenvalue weighted by molar-refractivity contribution is -0.896. The number of benzene rings is 2. The van der Waals surface area contributed by atoms with E-state index in [-0.39, 0.29) is 18.4 Å². The van der Waals surface area contributed by atoms with E-state index < -0.39 is 6.09 Å². The third-order valence-electron chi connectivity index (χ3n) is 6.62. The van der Waals surface area contributed by atoms with Gasteiger partial charge in [0, 0.05) is 36.6 Å². The number of carbonyl (C=O) groups is 3. The van der Waals surface area contributed by atoms with Crippen LogP contribution < -0.4 is 10.6 Å². The highest BCUT2D eigenvalue weighted by Gasteiger charge is 2.28. The minimum atomic E-state index is -0.464. The molecule has 0 bridgehead atoms. The normalized spacial score (nSPS) is 15.0. The van der Waals surface area contributed by atoms with Crippen molar-refractivity contribution in [3.63, 3.8) is 0 Å². The van der Waals surface area contributed by atoms with Gasteiger partial charge in [-0.1, -0.05) is 42.5 Å². The van der Waals surface area contributed by atoms with Gasteiger partial charge in [0.25, 0.3) is 0 Å². The fourth-order valence-corrected chi connectivity index (χ4v) is 4.38. The fourth-order valence-electron chi connectivity index (χ4n) is 4.38. The molecule has 4 rings (SSSR count). The van der Waals surface area contributed by atoms with Crippen molar-refractivity contribution in [1.29, 1.82) is 0 Å². The van der Waals surface area contributed by atoms with Crippen LogP contribution in [0.5, 0.6) is 0 Å². The Bertz CT molecular complexity index is 1230. The molecule has 1 fully saturated rings. The smallest absolute Gasteiger partial charge is 0.411 e. The molecule has 1 aliphatic heterocycles. The molecule has 37 heavy (non-hydrogen) atoms. The van der Waals surface area contributed by atoms with E-state index in [1.165, 1.54) is 6.20 Å². The van der Waals surface area contributed by atoms with Crippen LogP contribution in [-0.2, 0) is 16.0 Å².